The van der Waals surface area contributed by atoms with Gasteiger partial charge in [0.05, 0.1) is 61.6 Å². The maximum atomic E-state index is 13.0. The second kappa shape index (κ2) is 32.7. The standard InChI is InChI=1S/C52H54N10O22S5/c1-21(45(75)61-25(51(81)82)15-43(71)72)57-47(77)23(13-41(67)68)59-39(65)19-53-37(63)17-55-49(79)35-11-9-33(88-35)31-7-5-29(86-31)27-3-4-28(85-27)30-6-8-32(87-30)34-10-12-36(89-34)50(80)56-18-38(64)54-20-40(66)60-24(14-42(69)70)48(78)58-22(2)46(76)62-26(52(83)84)16-44(73)74/h3-12,21-26H,13-20H2,1-2H3,(H,53,63)(H,54,64)(H,55,79)(H,56,80)(H,57,77)(H,58,78)(H,59,65)(H,60,66)(H,61,75)(H,62,76)(H,67,68)(H,69,70)(H,71,72)(H,73,74)(H,81,82)(H,83,84)/t21-,22-,23-,24-,25-,26-/m0/s1. The van der Waals surface area contributed by atoms with Crippen LogP contribution in [0.2, 0.25) is 0 Å². The van der Waals surface area contributed by atoms with Crippen molar-refractivity contribution in [1.82, 2.24) is 53.2 Å². The first-order valence-corrected chi connectivity index (χ1v) is 29.8. The highest BCUT2D eigenvalue weighted by atomic mass is 32.1. The second-order valence-electron chi connectivity index (χ2n) is 18.6. The van der Waals surface area contributed by atoms with Gasteiger partial charge in [0.2, 0.25) is 47.3 Å². The molecule has 89 heavy (non-hydrogen) atoms. The Labute approximate surface area is 520 Å². The molecule has 0 fully saturated rings. The highest BCUT2D eigenvalue weighted by Gasteiger charge is 2.32. The fourth-order valence-electron chi connectivity index (χ4n) is 7.33. The van der Waals surface area contributed by atoms with E-state index in [1.165, 1.54) is 34.0 Å². The topological polar surface area (TPSA) is 515 Å². The van der Waals surface area contributed by atoms with E-state index in [1.54, 1.807) is 24.3 Å². The van der Waals surface area contributed by atoms with Crippen molar-refractivity contribution < 1.29 is 107 Å². The SMILES string of the molecule is C[C@H](NC(=O)[C@H](CC(=O)O)NC(=O)CNC(=O)CNC(=O)c1ccc(-c2ccc(-c3ccc(-c4ccc(-c5ccc(C(=O)NCC(=O)NCC(=O)N[C@@H](CC(=O)O)C(=O)N[C@@H](C)C(=O)N[C@@H](CC(=O)O)C(=O)O)s5)s4)s3)s2)s1)C(=O)N[C@@H](CC(=O)O)C(=O)O. The molecule has 5 rings (SSSR count). The van der Waals surface area contributed by atoms with Crippen molar-refractivity contribution in [1.29, 1.82) is 0 Å². The van der Waals surface area contributed by atoms with Gasteiger partial charge in [0, 0.05) is 39.0 Å². The quantitative estimate of drug-likeness (QED) is 0.0244. The minimum atomic E-state index is -1.84. The Kier molecular flexibility index (Phi) is 25.6. The Balaban J connectivity index is 1.05. The summed E-state index contributed by atoms with van der Waals surface area (Å²) in [7, 11) is 0. The Morgan fingerprint density at radius 2 is 0.573 bits per heavy atom. The highest BCUT2D eigenvalue weighted by molar-refractivity contribution is 7.30. The molecule has 16 N–H and O–H groups in total. The fourth-order valence-corrected chi connectivity index (χ4v) is 12.6. The van der Waals surface area contributed by atoms with Crippen LogP contribution in [0.4, 0.5) is 0 Å². The molecule has 474 valence electrons. The van der Waals surface area contributed by atoms with Crippen LogP contribution in [0.5, 0.6) is 0 Å². The Hall–Kier alpha value is -9.98. The molecule has 5 heterocycles. The van der Waals surface area contributed by atoms with E-state index < -0.39 is 183 Å². The molecule has 10 amide bonds. The van der Waals surface area contributed by atoms with Gasteiger partial charge >= 0.3 is 35.8 Å². The van der Waals surface area contributed by atoms with Crippen LogP contribution in [-0.2, 0) is 67.1 Å². The zero-order valence-electron chi connectivity index (χ0n) is 46.2. The van der Waals surface area contributed by atoms with Crippen molar-refractivity contribution in [3.05, 3.63) is 70.4 Å². The Bertz CT molecular complexity index is 3340. The van der Waals surface area contributed by atoms with Crippen molar-refractivity contribution >= 4 is 152 Å². The van der Waals surface area contributed by atoms with Gasteiger partial charge in [-0.05, 0) is 74.5 Å². The normalized spacial score (nSPS) is 12.8. The monoisotopic (exact) mass is 1330 g/mol. The number of rotatable bonds is 34. The molecule has 32 nitrogen and oxygen atoms in total. The number of hydrogen-bond donors (Lipinski definition) is 16. The minimum absolute atomic E-state index is 0.263. The van der Waals surface area contributed by atoms with Gasteiger partial charge < -0.3 is 83.8 Å². The third-order valence-corrected chi connectivity index (χ3v) is 17.9. The van der Waals surface area contributed by atoms with Crippen LogP contribution in [0.25, 0.3) is 39.0 Å². The molecule has 0 spiro atoms. The van der Waals surface area contributed by atoms with Gasteiger partial charge in [-0.3, -0.25) is 67.1 Å². The lowest BCUT2D eigenvalue weighted by Crippen LogP contribution is -2.56. The van der Waals surface area contributed by atoms with Crippen molar-refractivity contribution in [2.45, 2.75) is 75.8 Å². The summed E-state index contributed by atoms with van der Waals surface area (Å²) in [6, 6.07) is 8.02. The maximum absolute atomic E-state index is 13.0. The number of carbonyl (C=O) groups excluding carboxylic acids is 10. The van der Waals surface area contributed by atoms with Gasteiger partial charge in [-0.1, -0.05) is 0 Å². The fraction of sp³-hybridized carbons (Fsp3) is 0.308. The van der Waals surface area contributed by atoms with Gasteiger partial charge in [0.1, 0.15) is 36.3 Å². The number of aliphatic carboxylic acids is 6. The van der Waals surface area contributed by atoms with E-state index in [0.717, 1.165) is 75.5 Å². The summed E-state index contributed by atoms with van der Waals surface area (Å²) in [4.78, 5) is 202. The molecule has 6 atom stereocenters. The molecule has 0 aliphatic carbocycles. The molecule has 37 heteroatoms. The first-order valence-electron chi connectivity index (χ1n) is 25.7. The molecular formula is C52H54N10O22S5. The lowest BCUT2D eigenvalue weighted by molar-refractivity contribution is -0.147. The number of carboxylic acid groups (broad SMARTS) is 6. The summed E-state index contributed by atoms with van der Waals surface area (Å²) >= 11 is 6.81. The average Bonchev–Trinajstić information content (AvgIpc) is 1.98. The van der Waals surface area contributed by atoms with Gasteiger partial charge in [-0.15, -0.1) is 56.7 Å². The first-order chi connectivity index (χ1) is 42.0. The average molecular weight is 1330 g/mol. The van der Waals surface area contributed by atoms with E-state index in [-0.39, 0.29) is 9.75 Å². The maximum Gasteiger partial charge on any atom is 0.326 e. The molecule has 0 aromatic carbocycles. The number of carbonyl (C=O) groups is 16. The minimum Gasteiger partial charge on any atom is -0.481 e. The number of carboxylic acids is 6. The van der Waals surface area contributed by atoms with Crippen LogP contribution >= 0.6 is 56.7 Å². The van der Waals surface area contributed by atoms with Crippen LogP contribution in [0.3, 0.4) is 0 Å². The molecule has 0 saturated carbocycles. The predicted octanol–water partition coefficient (Wildman–Crippen LogP) is -0.629. The summed E-state index contributed by atoms with van der Waals surface area (Å²) in [5.41, 5.74) is 0. The second-order valence-corrected chi connectivity index (χ2v) is 24.0. The number of nitrogens with one attached hydrogen (secondary N) is 10. The summed E-state index contributed by atoms with van der Waals surface area (Å²) in [5, 5.41) is 76.3. The zero-order chi connectivity index (χ0) is 65.8. The lowest BCUT2D eigenvalue weighted by atomic mass is 10.1. The van der Waals surface area contributed by atoms with Crippen LogP contribution in [-0.4, -0.2) is 188 Å². The van der Waals surface area contributed by atoms with Crippen LogP contribution in [0, 0.1) is 0 Å². The molecule has 0 aliphatic heterocycles. The van der Waals surface area contributed by atoms with Crippen LogP contribution in [0.15, 0.2) is 60.7 Å². The molecule has 0 saturated heterocycles. The third-order valence-electron chi connectivity index (χ3n) is 11.7. The van der Waals surface area contributed by atoms with Gasteiger partial charge in [0.25, 0.3) is 11.8 Å². The molecular weight excluding hydrogens is 1280 g/mol. The largest absolute Gasteiger partial charge is 0.481 e. The molecule has 5 aromatic rings. The Morgan fingerprint density at radius 3 is 0.854 bits per heavy atom. The van der Waals surface area contributed by atoms with Crippen molar-refractivity contribution in [3.8, 4) is 39.0 Å². The molecule has 0 unspecified atom stereocenters. The summed E-state index contributed by atoms with van der Waals surface area (Å²) in [6.45, 7) is -0.461. The van der Waals surface area contributed by atoms with Gasteiger partial charge in [-0.25, -0.2) is 9.59 Å². The molecule has 0 radical (unpaired) electrons. The van der Waals surface area contributed by atoms with E-state index in [9.17, 15) is 86.9 Å². The van der Waals surface area contributed by atoms with E-state index in [2.05, 4.69) is 42.5 Å². The predicted molar refractivity (Wildman–Crippen MR) is 315 cm³/mol. The van der Waals surface area contributed by atoms with Gasteiger partial charge in [-0.2, -0.15) is 0 Å². The van der Waals surface area contributed by atoms with Crippen molar-refractivity contribution in [2.75, 3.05) is 26.2 Å². The number of hydrogen-bond acceptors (Lipinski definition) is 21. The van der Waals surface area contributed by atoms with Crippen LogP contribution in [0.1, 0.15) is 58.9 Å². The Morgan fingerprint density at radius 1 is 0.315 bits per heavy atom. The number of thiophene rings is 5. The third kappa shape index (κ3) is 22.0. The van der Waals surface area contributed by atoms with Crippen molar-refractivity contribution in [3.63, 3.8) is 0 Å². The zero-order valence-corrected chi connectivity index (χ0v) is 50.2. The molecule has 0 bridgehead atoms. The lowest BCUT2D eigenvalue weighted by Gasteiger charge is -2.21. The summed E-state index contributed by atoms with van der Waals surface area (Å²) in [6.07, 6.45) is -3.87. The summed E-state index contributed by atoms with van der Waals surface area (Å²) in [5.74, 6) is -18.9. The smallest absolute Gasteiger partial charge is 0.326 e. The molecule has 0 aliphatic rings. The van der Waals surface area contributed by atoms with Crippen molar-refractivity contribution in [2.24, 2.45) is 0 Å². The van der Waals surface area contributed by atoms with E-state index in [1.807, 2.05) is 47.0 Å². The molecule has 5 aromatic heterocycles. The first kappa shape index (κ1) is 69.8. The number of amides is 10. The van der Waals surface area contributed by atoms with Crippen LogP contribution < -0.4 is 53.2 Å². The van der Waals surface area contributed by atoms with E-state index in [4.69, 9.17) is 20.4 Å². The van der Waals surface area contributed by atoms with E-state index in [0.29, 0.717) is 0 Å². The highest BCUT2D eigenvalue weighted by Crippen LogP contribution is 2.44. The van der Waals surface area contributed by atoms with Gasteiger partial charge in [0.15, 0.2) is 0 Å². The summed E-state index contributed by atoms with van der Waals surface area (Å²) < 4.78 is 0. The van der Waals surface area contributed by atoms with E-state index >= 15 is 0 Å².